The minimum absolute atomic E-state index is 0.989. The third-order valence-electron chi connectivity index (χ3n) is 4.62. The molecule has 4 heteroatoms. The zero-order valence-corrected chi connectivity index (χ0v) is 16.9. The Hall–Kier alpha value is -1.10. The van der Waals surface area contributed by atoms with Gasteiger partial charge in [-0.1, -0.05) is 6.07 Å². The van der Waals surface area contributed by atoms with Gasteiger partial charge in [-0.25, -0.2) is 0 Å². The zero-order valence-electron chi connectivity index (χ0n) is 16.9. The monoisotopic (exact) mass is 335 g/mol. The van der Waals surface area contributed by atoms with Crippen molar-refractivity contribution in [1.82, 2.24) is 14.7 Å². The van der Waals surface area contributed by atoms with Gasteiger partial charge < -0.3 is 14.5 Å². The van der Waals surface area contributed by atoms with Gasteiger partial charge in [0.05, 0.1) is 7.11 Å². The molecule has 0 saturated carbocycles. The Balaban J connectivity index is 2.73. The second-order valence-electron chi connectivity index (χ2n) is 7.27. The number of benzene rings is 1. The Morgan fingerprint density at radius 1 is 0.792 bits per heavy atom. The molecule has 0 aromatic heterocycles. The van der Waals surface area contributed by atoms with Crippen LogP contribution in [0.1, 0.15) is 29.5 Å². The summed E-state index contributed by atoms with van der Waals surface area (Å²) in [4.78, 5) is 7.13. The van der Waals surface area contributed by atoms with Crippen LogP contribution in [0, 0.1) is 13.8 Å². The normalized spacial score (nSPS) is 11.8. The van der Waals surface area contributed by atoms with Gasteiger partial charge in [-0.15, -0.1) is 0 Å². The predicted molar refractivity (Wildman–Crippen MR) is 104 cm³/mol. The summed E-state index contributed by atoms with van der Waals surface area (Å²) in [5.41, 5.74) is 4.04. The first-order valence-corrected chi connectivity index (χ1v) is 9.00. The summed E-state index contributed by atoms with van der Waals surface area (Å²) in [7, 11) is 10.3. The highest BCUT2D eigenvalue weighted by atomic mass is 16.5. The first kappa shape index (κ1) is 20.9. The molecule has 0 radical (unpaired) electrons. The van der Waals surface area contributed by atoms with Gasteiger partial charge >= 0.3 is 0 Å². The maximum Gasteiger partial charge on any atom is 0.122 e. The maximum absolute atomic E-state index is 5.44. The molecule has 0 unspecified atom stereocenters. The largest absolute Gasteiger partial charge is 0.496 e. The second-order valence-corrected chi connectivity index (χ2v) is 7.27. The summed E-state index contributed by atoms with van der Waals surface area (Å²) in [5.74, 6) is 0.989. The van der Waals surface area contributed by atoms with Crippen LogP contribution in [0.5, 0.6) is 5.75 Å². The molecule has 0 aliphatic heterocycles. The Kier molecular flexibility index (Phi) is 9.34. The van der Waals surface area contributed by atoms with E-state index in [1.54, 1.807) is 7.11 Å². The van der Waals surface area contributed by atoms with Gasteiger partial charge in [0.1, 0.15) is 5.75 Å². The Morgan fingerprint density at radius 2 is 1.33 bits per heavy atom. The molecule has 0 aliphatic carbocycles. The van der Waals surface area contributed by atoms with E-state index in [-0.39, 0.29) is 0 Å². The molecule has 0 bridgehead atoms. The molecule has 1 aromatic rings. The lowest BCUT2D eigenvalue weighted by molar-refractivity contribution is 0.233. The fourth-order valence-corrected chi connectivity index (χ4v) is 2.98. The summed E-state index contributed by atoms with van der Waals surface area (Å²) in [5, 5.41) is 0. The third-order valence-corrected chi connectivity index (χ3v) is 4.62. The van der Waals surface area contributed by atoms with Crippen molar-refractivity contribution in [2.24, 2.45) is 0 Å². The van der Waals surface area contributed by atoms with E-state index >= 15 is 0 Å². The summed E-state index contributed by atoms with van der Waals surface area (Å²) in [6.07, 6.45) is 2.42. The van der Waals surface area contributed by atoms with Crippen LogP contribution in [0.4, 0.5) is 0 Å². The van der Waals surface area contributed by atoms with Gasteiger partial charge in [0.15, 0.2) is 0 Å². The molecule has 1 rings (SSSR count). The first-order chi connectivity index (χ1) is 11.3. The summed E-state index contributed by atoms with van der Waals surface area (Å²) >= 11 is 0. The van der Waals surface area contributed by atoms with E-state index in [0.717, 1.165) is 38.5 Å². The molecule has 0 spiro atoms. The van der Waals surface area contributed by atoms with Gasteiger partial charge in [0, 0.05) is 6.54 Å². The molecule has 0 aliphatic rings. The van der Waals surface area contributed by atoms with Crippen molar-refractivity contribution in [3.05, 3.63) is 28.8 Å². The lowest BCUT2D eigenvalue weighted by Crippen LogP contribution is -2.30. The minimum Gasteiger partial charge on any atom is -0.496 e. The van der Waals surface area contributed by atoms with Crippen LogP contribution in [-0.2, 0) is 6.54 Å². The fraction of sp³-hybridized carbons (Fsp3) is 0.700. The van der Waals surface area contributed by atoms with E-state index in [1.165, 1.54) is 29.5 Å². The molecule has 0 saturated heterocycles. The molecule has 24 heavy (non-hydrogen) atoms. The van der Waals surface area contributed by atoms with Crippen molar-refractivity contribution in [2.75, 3.05) is 61.5 Å². The van der Waals surface area contributed by atoms with E-state index in [2.05, 4.69) is 68.9 Å². The number of methoxy groups -OCH3 is 1. The lowest BCUT2D eigenvalue weighted by atomic mass is 10.0. The number of rotatable bonds is 11. The summed E-state index contributed by atoms with van der Waals surface area (Å²) < 4.78 is 5.44. The van der Waals surface area contributed by atoms with Crippen LogP contribution >= 0.6 is 0 Å². The molecule has 0 N–H and O–H groups in total. The second kappa shape index (κ2) is 10.7. The van der Waals surface area contributed by atoms with Crippen molar-refractivity contribution < 1.29 is 4.74 Å². The Bertz CT molecular complexity index is 472. The number of hydrogen-bond acceptors (Lipinski definition) is 4. The van der Waals surface area contributed by atoms with Gasteiger partial charge in [-0.3, -0.25) is 4.90 Å². The number of hydrogen-bond donors (Lipinski definition) is 0. The van der Waals surface area contributed by atoms with E-state index in [0.29, 0.717) is 0 Å². The van der Waals surface area contributed by atoms with E-state index in [9.17, 15) is 0 Å². The van der Waals surface area contributed by atoms with Gasteiger partial charge in [-0.2, -0.15) is 0 Å². The third kappa shape index (κ3) is 7.20. The SMILES string of the molecule is COc1ccc(CN(CCCN(C)C)CCCN(C)C)c(C)c1C. The van der Waals surface area contributed by atoms with Crippen molar-refractivity contribution in [2.45, 2.75) is 33.2 Å². The van der Waals surface area contributed by atoms with Crippen molar-refractivity contribution in [1.29, 1.82) is 0 Å². The standard InChI is InChI=1S/C20H37N3O/c1-17-18(2)20(24-7)11-10-19(17)16-23(14-8-12-21(3)4)15-9-13-22(5)6/h10-11H,8-9,12-16H2,1-7H3. The van der Waals surface area contributed by atoms with Crippen LogP contribution in [0.3, 0.4) is 0 Å². The summed E-state index contributed by atoms with van der Waals surface area (Å²) in [6.45, 7) is 9.98. The van der Waals surface area contributed by atoms with E-state index in [1.807, 2.05) is 0 Å². The molecular formula is C20H37N3O. The molecule has 0 atom stereocenters. The molecule has 138 valence electrons. The van der Waals surface area contributed by atoms with Crippen LogP contribution in [0.2, 0.25) is 0 Å². The van der Waals surface area contributed by atoms with E-state index < -0.39 is 0 Å². The molecule has 1 aromatic carbocycles. The molecule has 0 amide bonds. The number of ether oxygens (including phenoxy) is 1. The molecule has 0 fully saturated rings. The van der Waals surface area contributed by atoms with Crippen LogP contribution < -0.4 is 4.74 Å². The Labute approximate surface area is 149 Å². The van der Waals surface area contributed by atoms with Crippen LogP contribution in [0.15, 0.2) is 12.1 Å². The van der Waals surface area contributed by atoms with E-state index in [4.69, 9.17) is 4.74 Å². The zero-order chi connectivity index (χ0) is 18.1. The quantitative estimate of drug-likeness (QED) is 0.619. The van der Waals surface area contributed by atoms with Crippen molar-refractivity contribution >= 4 is 0 Å². The fourth-order valence-electron chi connectivity index (χ4n) is 2.98. The topological polar surface area (TPSA) is 19.0 Å². The van der Waals surface area contributed by atoms with Crippen molar-refractivity contribution in [3.63, 3.8) is 0 Å². The first-order valence-electron chi connectivity index (χ1n) is 9.00. The van der Waals surface area contributed by atoms with Gasteiger partial charge in [0.2, 0.25) is 0 Å². The van der Waals surface area contributed by atoms with Gasteiger partial charge in [0.25, 0.3) is 0 Å². The van der Waals surface area contributed by atoms with Gasteiger partial charge in [-0.05, 0) is 104 Å². The average molecular weight is 336 g/mol. The smallest absolute Gasteiger partial charge is 0.122 e. The highest BCUT2D eigenvalue weighted by Gasteiger charge is 2.11. The lowest BCUT2D eigenvalue weighted by Gasteiger charge is -2.25. The average Bonchev–Trinajstić information content (AvgIpc) is 2.51. The number of nitrogens with zero attached hydrogens (tertiary/aromatic N) is 3. The maximum atomic E-state index is 5.44. The van der Waals surface area contributed by atoms with Crippen LogP contribution in [-0.4, -0.2) is 76.2 Å². The summed E-state index contributed by atoms with van der Waals surface area (Å²) in [6, 6.07) is 4.33. The van der Waals surface area contributed by atoms with Crippen LogP contribution in [0.25, 0.3) is 0 Å². The highest BCUT2D eigenvalue weighted by Crippen LogP contribution is 2.24. The van der Waals surface area contributed by atoms with Crippen molar-refractivity contribution in [3.8, 4) is 5.75 Å². The Morgan fingerprint density at radius 3 is 1.79 bits per heavy atom. The predicted octanol–water partition coefficient (Wildman–Crippen LogP) is 3.02. The minimum atomic E-state index is 0.989. The molecule has 0 heterocycles. The highest BCUT2D eigenvalue weighted by molar-refractivity contribution is 5.43. The molecule has 4 nitrogen and oxygen atoms in total. The molecular weight excluding hydrogens is 298 g/mol.